The van der Waals surface area contributed by atoms with Crippen molar-refractivity contribution in [1.29, 1.82) is 0 Å². The van der Waals surface area contributed by atoms with Crippen LogP contribution in [0.2, 0.25) is 0 Å². The first-order valence-electron chi connectivity index (χ1n) is 5.72. The number of rotatable bonds is 3. The van der Waals surface area contributed by atoms with Gasteiger partial charge in [-0.2, -0.15) is 0 Å². The molecule has 0 radical (unpaired) electrons. The second-order valence-corrected chi connectivity index (χ2v) is 3.97. The Labute approximate surface area is 91.0 Å². The molecule has 0 saturated carbocycles. The van der Waals surface area contributed by atoms with Crippen LogP contribution in [-0.2, 0) is 9.59 Å². The third-order valence-corrected chi connectivity index (χ3v) is 2.80. The van der Waals surface area contributed by atoms with Crippen LogP contribution in [0.3, 0.4) is 0 Å². The minimum atomic E-state index is -0.0572. The Hall–Kier alpha value is -1.06. The highest BCUT2D eigenvalue weighted by molar-refractivity contribution is 5.83. The number of nitrogens with one attached hydrogen (secondary N) is 1. The number of amides is 2. The van der Waals surface area contributed by atoms with E-state index in [1.54, 1.807) is 7.05 Å². The van der Waals surface area contributed by atoms with Crippen LogP contribution in [0.1, 0.15) is 38.5 Å². The van der Waals surface area contributed by atoms with E-state index in [4.69, 9.17) is 0 Å². The molecule has 1 saturated heterocycles. The fraction of sp³-hybridized carbons (Fsp3) is 0.818. The van der Waals surface area contributed by atoms with Gasteiger partial charge in [-0.05, 0) is 12.8 Å². The van der Waals surface area contributed by atoms with Crippen LogP contribution in [-0.4, -0.2) is 36.9 Å². The number of likely N-dealkylation sites (tertiary alicyclic amines) is 1. The molecule has 1 aliphatic rings. The minimum Gasteiger partial charge on any atom is -0.359 e. The van der Waals surface area contributed by atoms with Gasteiger partial charge in [0.05, 0.1) is 0 Å². The fourth-order valence-electron chi connectivity index (χ4n) is 1.82. The first-order chi connectivity index (χ1) is 7.24. The zero-order valence-corrected chi connectivity index (χ0v) is 9.42. The summed E-state index contributed by atoms with van der Waals surface area (Å²) < 4.78 is 0. The van der Waals surface area contributed by atoms with Crippen LogP contribution in [0.15, 0.2) is 0 Å². The molecule has 0 aliphatic carbocycles. The van der Waals surface area contributed by atoms with Gasteiger partial charge in [0.1, 0.15) is 0 Å². The summed E-state index contributed by atoms with van der Waals surface area (Å²) in [6, 6.07) is 0. The lowest BCUT2D eigenvalue weighted by Crippen LogP contribution is -2.32. The van der Waals surface area contributed by atoms with Crippen molar-refractivity contribution >= 4 is 11.8 Å². The SMILES string of the molecule is CNC(=O)CCC(=O)N1CCCCCC1. The minimum absolute atomic E-state index is 0.0572. The van der Waals surface area contributed by atoms with Crippen molar-refractivity contribution in [2.24, 2.45) is 0 Å². The van der Waals surface area contributed by atoms with Crippen molar-refractivity contribution in [2.75, 3.05) is 20.1 Å². The zero-order valence-electron chi connectivity index (χ0n) is 9.42. The molecule has 0 spiro atoms. The second-order valence-electron chi connectivity index (χ2n) is 3.97. The van der Waals surface area contributed by atoms with Crippen molar-refractivity contribution in [3.8, 4) is 0 Å². The predicted octanol–water partition coefficient (Wildman–Crippen LogP) is 0.915. The molecular weight excluding hydrogens is 192 g/mol. The maximum absolute atomic E-state index is 11.7. The maximum Gasteiger partial charge on any atom is 0.223 e. The monoisotopic (exact) mass is 212 g/mol. The lowest BCUT2D eigenvalue weighted by atomic mass is 10.2. The quantitative estimate of drug-likeness (QED) is 0.756. The van der Waals surface area contributed by atoms with E-state index in [0.29, 0.717) is 12.8 Å². The first-order valence-corrected chi connectivity index (χ1v) is 5.72. The van der Waals surface area contributed by atoms with Crippen LogP contribution in [0.25, 0.3) is 0 Å². The molecule has 86 valence electrons. The van der Waals surface area contributed by atoms with Gasteiger partial charge in [-0.3, -0.25) is 9.59 Å². The van der Waals surface area contributed by atoms with E-state index in [2.05, 4.69) is 5.32 Å². The van der Waals surface area contributed by atoms with Gasteiger partial charge in [-0.25, -0.2) is 0 Å². The van der Waals surface area contributed by atoms with Crippen LogP contribution >= 0.6 is 0 Å². The summed E-state index contributed by atoms with van der Waals surface area (Å²) in [7, 11) is 1.60. The van der Waals surface area contributed by atoms with Gasteiger partial charge in [-0.1, -0.05) is 12.8 Å². The Bertz CT molecular complexity index is 221. The summed E-state index contributed by atoms with van der Waals surface area (Å²) in [4.78, 5) is 24.6. The van der Waals surface area contributed by atoms with E-state index in [0.717, 1.165) is 25.9 Å². The van der Waals surface area contributed by atoms with Crippen LogP contribution < -0.4 is 5.32 Å². The molecule has 1 rings (SSSR count). The standard InChI is InChI=1S/C11H20N2O2/c1-12-10(14)6-7-11(15)13-8-4-2-3-5-9-13/h2-9H2,1H3,(H,12,14). The molecule has 0 unspecified atom stereocenters. The average molecular weight is 212 g/mol. The molecule has 4 nitrogen and oxygen atoms in total. The summed E-state index contributed by atoms with van der Waals surface area (Å²) in [6.45, 7) is 1.74. The van der Waals surface area contributed by atoms with Gasteiger partial charge >= 0.3 is 0 Å². The van der Waals surface area contributed by atoms with Gasteiger partial charge < -0.3 is 10.2 Å². The van der Waals surface area contributed by atoms with E-state index >= 15 is 0 Å². The number of nitrogens with zero attached hydrogens (tertiary/aromatic N) is 1. The first kappa shape index (κ1) is 12.0. The lowest BCUT2D eigenvalue weighted by molar-refractivity contribution is -0.133. The largest absolute Gasteiger partial charge is 0.359 e. The van der Waals surface area contributed by atoms with Crippen molar-refractivity contribution in [3.05, 3.63) is 0 Å². The van der Waals surface area contributed by atoms with Gasteiger partial charge in [0, 0.05) is 33.0 Å². The van der Waals surface area contributed by atoms with Gasteiger partial charge in [0.15, 0.2) is 0 Å². The summed E-state index contributed by atoms with van der Waals surface area (Å²) >= 11 is 0. The molecule has 0 atom stereocenters. The predicted molar refractivity (Wildman–Crippen MR) is 58.3 cm³/mol. The summed E-state index contributed by atoms with van der Waals surface area (Å²) in [5.74, 6) is 0.0682. The molecule has 1 N–H and O–H groups in total. The Kier molecular flexibility index (Phi) is 5.15. The fourth-order valence-corrected chi connectivity index (χ4v) is 1.82. The van der Waals surface area contributed by atoms with Crippen LogP contribution in [0, 0.1) is 0 Å². The second kappa shape index (κ2) is 6.43. The number of hydrogen-bond donors (Lipinski definition) is 1. The van der Waals surface area contributed by atoms with Gasteiger partial charge in [-0.15, -0.1) is 0 Å². The molecule has 0 aromatic rings. The Morgan fingerprint density at radius 2 is 1.67 bits per heavy atom. The van der Waals surface area contributed by atoms with E-state index in [9.17, 15) is 9.59 Å². The summed E-state index contributed by atoms with van der Waals surface area (Å²) in [5, 5.41) is 2.53. The lowest BCUT2D eigenvalue weighted by Gasteiger charge is -2.19. The van der Waals surface area contributed by atoms with Crippen molar-refractivity contribution in [2.45, 2.75) is 38.5 Å². The van der Waals surface area contributed by atoms with Gasteiger partial charge in [0.25, 0.3) is 0 Å². The number of carbonyl (C=O) groups is 2. The Morgan fingerprint density at radius 1 is 1.07 bits per heavy atom. The highest BCUT2D eigenvalue weighted by Gasteiger charge is 2.15. The summed E-state index contributed by atoms with van der Waals surface area (Å²) in [5.41, 5.74) is 0. The number of hydrogen-bond acceptors (Lipinski definition) is 2. The van der Waals surface area contributed by atoms with Gasteiger partial charge in [0.2, 0.25) is 11.8 Å². The average Bonchev–Trinajstić information content (AvgIpc) is 2.53. The molecular formula is C11H20N2O2. The van der Waals surface area contributed by atoms with E-state index in [1.807, 2.05) is 4.90 Å². The molecule has 2 amide bonds. The summed E-state index contributed by atoms with van der Waals surface area (Å²) in [6.07, 6.45) is 5.31. The van der Waals surface area contributed by atoms with E-state index in [1.165, 1.54) is 12.8 Å². The molecule has 1 aliphatic heterocycles. The molecule has 1 fully saturated rings. The molecule has 0 aromatic carbocycles. The molecule has 0 aromatic heterocycles. The van der Waals surface area contributed by atoms with Crippen molar-refractivity contribution < 1.29 is 9.59 Å². The van der Waals surface area contributed by atoms with E-state index < -0.39 is 0 Å². The maximum atomic E-state index is 11.7. The highest BCUT2D eigenvalue weighted by Crippen LogP contribution is 2.11. The molecule has 4 heteroatoms. The van der Waals surface area contributed by atoms with Crippen molar-refractivity contribution in [1.82, 2.24) is 10.2 Å². The zero-order chi connectivity index (χ0) is 11.1. The molecule has 15 heavy (non-hydrogen) atoms. The number of carbonyl (C=O) groups excluding carboxylic acids is 2. The molecule has 0 bridgehead atoms. The normalized spacial score (nSPS) is 17.0. The molecule has 1 heterocycles. The Balaban J connectivity index is 2.28. The van der Waals surface area contributed by atoms with Crippen LogP contribution in [0.4, 0.5) is 0 Å². The third-order valence-electron chi connectivity index (χ3n) is 2.80. The van der Waals surface area contributed by atoms with Crippen molar-refractivity contribution in [3.63, 3.8) is 0 Å². The van der Waals surface area contributed by atoms with Crippen LogP contribution in [0.5, 0.6) is 0 Å². The Morgan fingerprint density at radius 3 is 2.20 bits per heavy atom. The highest BCUT2D eigenvalue weighted by atomic mass is 16.2. The smallest absolute Gasteiger partial charge is 0.223 e. The third kappa shape index (κ3) is 4.32. The topological polar surface area (TPSA) is 49.4 Å². The van der Waals surface area contributed by atoms with E-state index in [-0.39, 0.29) is 11.8 Å².